The average Bonchev–Trinajstić information content (AvgIpc) is 2.58. The molecule has 1 aliphatic carbocycles. The van der Waals surface area contributed by atoms with Crippen LogP contribution in [0.4, 0.5) is 5.95 Å². The van der Waals surface area contributed by atoms with E-state index in [0.29, 0.717) is 68.4 Å². The molecule has 8 nitrogen and oxygen atoms in total. The van der Waals surface area contributed by atoms with E-state index in [0.717, 1.165) is 0 Å². The summed E-state index contributed by atoms with van der Waals surface area (Å²) >= 11 is 11.6. The van der Waals surface area contributed by atoms with E-state index in [2.05, 4.69) is 14.7 Å². The van der Waals surface area contributed by atoms with Crippen molar-refractivity contribution in [3.05, 3.63) is 11.2 Å². The fraction of sp³-hybridized carbons (Fsp3) is 0.733. The van der Waals surface area contributed by atoms with Gasteiger partial charge in [0.15, 0.2) is 0 Å². The molecule has 1 aromatic heterocycles. The van der Waals surface area contributed by atoms with Gasteiger partial charge in [0.25, 0.3) is 0 Å². The molecule has 1 saturated carbocycles. The standard InChI is InChI=1S/C15H22Cl2N4O4S/c16-2-1-7-26(22,23)20-11-8-12(9-11)25-14-10-13(17)18-15(19-14)21-3-5-24-6-4-21/h10-12,20H,1-9H2/t11-,12-. The number of anilines is 1. The number of halogens is 2. The SMILES string of the molecule is O=S(=O)(CCCCl)N[C@H]1C[C@H](Oc2cc(Cl)nc(N3CCOCC3)n2)C1. The summed E-state index contributed by atoms with van der Waals surface area (Å²) in [6, 6.07) is 1.46. The maximum atomic E-state index is 11.9. The summed E-state index contributed by atoms with van der Waals surface area (Å²) in [5.41, 5.74) is 0. The van der Waals surface area contributed by atoms with Gasteiger partial charge in [-0.3, -0.25) is 0 Å². The Morgan fingerprint density at radius 2 is 2.04 bits per heavy atom. The Morgan fingerprint density at radius 1 is 1.31 bits per heavy atom. The molecule has 2 aliphatic rings. The number of nitrogens with zero attached hydrogens (tertiary/aromatic N) is 3. The van der Waals surface area contributed by atoms with Crippen LogP contribution in [0.2, 0.25) is 5.15 Å². The van der Waals surface area contributed by atoms with E-state index in [9.17, 15) is 8.42 Å². The Bertz CT molecular complexity index is 710. The van der Waals surface area contributed by atoms with Crippen LogP contribution in [0.1, 0.15) is 19.3 Å². The van der Waals surface area contributed by atoms with Gasteiger partial charge in [-0.2, -0.15) is 4.98 Å². The zero-order valence-electron chi connectivity index (χ0n) is 14.2. The van der Waals surface area contributed by atoms with Crippen LogP contribution < -0.4 is 14.4 Å². The predicted molar refractivity (Wildman–Crippen MR) is 99.8 cm³/mol. The lowest BCUT2D eigenvalue weighted by Gasteiger charge is -2.35. The highest BCUT2D eigenvalue weighted by molar-refractivity contribution is 7.89. The molecule has 146 valence electrons. The van der Waals surface area contributed by atoms with Crippen molar-refractivity contribution in [2.75, 3.05) is 42.8 Å². The maximum Gasteiger partial charge on any atom is 0.230 e. The van der Waals surface area contributed by atoms with Crippen LogP contribution in [0.15, 0.2) is 6.07 Å². The molecule has 0 unspecified atom stereocenters. The second kappa shape index (κ2) is 8.88. The molecule has 2 heterocycles. The molecule has 1 aromatic rings. The van der Waals surface area contributed by atoms with Crippen LogP contribution in [0.25, 0.3) is 0 Å². The number of sulfonamides is 1. The maximum absolute atomic E-state index is 11.9. The van der Waals surface area contributed by atoms with Gasteiger partial charge >= 0.3 is 0 Å². The van der Waals surface area contributed by atoms with E-state index in [1.54, 1.807) is 6.07 Å². The molecule has 1 aliphatic heterocycles. The fourth-order valence-corrected chi connectivity index (χ4v) is 4.64. The van der Waals surface area contributed by atoms with Gasteiger partial charge in [0.1, 0.15) is 11.3 Å². The number of hydrogen-bond acceptors (Lipinski definition) is 7. The molecule has 3 rings (SSSR count). The van der Waals surface area contributed by atoms with E-state index in [-0.39, 0.29) is 17.9 Å². The van der Waals surface area contributed by atoms with Crippen molar-refractivity contribution in [1.29, 1.82) is 0 Å². The number of alkyl halides is 1. The molecule has 26 heavy (non-hydrogen) atoms. The predicted octanol–water partition coefficient (Wildman–Crippen LogP) is 1.42. The average molecular weight is 425 g/mol. The van der Waals surface area contributed by atoms with Gasteiger partial charge in [-0.15, -0.1) is 11.6 Å². The van der Waals surface area contributed by atoms with Crippen molar-refractivity contribution in [2.24, 2.45) is 0 Å². The van der Waals surface area contributed by atoms with Gasteiger partial charge in [-0.25, -0.2) is 18.1 Å². The van der Waals surface area contributed by atoms with Gasteiger partial charge in [0.2, 0.25) is 21.9 Å². The monoisotopic (exact) mass is 424 g/mol. The molecular formula is C15H22Cl2N4O4S. The second-order valence-corrected chi connectivity index (χ2v) is 8.95. The highest BCUT2D eigenvalue weighted by Crippen LogP contribution is 2.28. The molecule has 0 spiro atoms. The smallest absolute Gasteiger partial charge is 0.230 e. The first-order valence-electron chi connectivity index (χ1n) is 8.55. The summed E-state index contributed by atoms with van der Waals surface area (Å²) in [6.45, 7) is 2.66. The summed E-state index contributed by atoms with van der Waals surface area (Å²) in [4.78, 5) is 10.7. The van der Waals surface area contributed by atoms with Gasteiger partial charge in [-0.1, -0.05) is 11.6 Å². The molecule has 1 N–H and O–H groups in total. The molecule has 1 saturated heterocycles. The molecule has 11 heteroatoms. The first-order chi connectivity index (χ1) is 12.4. The zero-order valence-corrected chi connectivity index (χ0v) is 16.6. The third-order valence-corrected chi connectivity index (χ3v) is 6.21. The fourth-order valence-electron chi connectivity index (χ4n) is 2.84. The minimum absolute atomic E-state index is 0.0446. The van der Waals surface area contributed by atoms with Gasteiger partial charge < -0.3 is 14.4 Å². The Kier molecular flexibility index (Phi) is 6.79. The Labute approximate surface area is 163 Å². The third kappa shape index (κ3) is 5.56. The van der Waals surface area contributed by atoms with E-state index < -0.39 is 10.0 Å². The molecule has 0 aromatic carbocycles. The number of aromatic nitrogens is 2. The summed E-state index contributed by atoms with van der Waals surface area (Å²) < 4.78 is 37.5. The number of nitrogens with one attached hydrogen (secondary N) is 1. The molecule has 0 atom stereocenters. The van der Waals surface area contributed by atoms with Gasteiger partial charge in [0.05, 0.1) is 19.0 Å². The Morgan fingerprint density at radius 3 is 2.73 bits per heavy atom. The van der Waals surface area contributed by atoms with E-state index >= 15 is 0 Å². The number of rotatable bonds is 8. The van der Waals surface area contributed by atoms with E-state index in [1.807, 2.05) is 4.90 Å². The topological polar surface area (TPSA) is 93.7 Å². The largest absolute Gasteiger partial charge is 0.474 e. The third-order valence-electron chi connectivity index (χ3n) is 4.23. The van der Waals surface area contributed by atoms with Gasteiger partial charge in [-0.05, 0) is 6.42 Å². The molecule has 0 bridgehead atoms. The van der Waals surface area contributed by atoms with Gasteiger partial charge in [0, 0.05) is 43.9 Å². The van der Waals surface area contributed by atoms with E-state index in [1.165, 1.54) is 0 Å². The quantitative estimate of drug-likeness (QED) is 0.498. The van der Waals surface area contributed by atoms with Crippen molar-refractivity contribution in [2.45, 2.75) is 31.4 Å². The second-order valence-electron chi connectivity index (χ2n) is 6.32. The van der Waals surface area contributed by atoms with Crippen LogP contribution in [-0.2, 0) is 14.8 Å². The summed E-state index contributed by atoms with van der Waals surface area (Å²) in [5.74, 6) is 1.30. The van der Waals surface area contributed by atoms with Crippen LogP contribution in [0.3, 0.4) is 0 Å². The normalized spacial score (nSPS) is 23.5. The van der Waals surface area contributed by atoms with E-state index in [4.69, 9.17) is 32.7 Å². The molecule has 2 fully saturated rings. The zero-order chi connectivity index (χ0) is 18.6. The highest BCUT2D eigenvalue weighted by Gasteiger charge is 2.34. The van der Waals surface area contributed by atoms with Crippen LogP contribution >= 0.6 is 23.2 Å². The highest BCUT2D eigenvalue weighted by atomic mass is 35.5. The lowest BCUT2D eigenvalue weighted by Crippen LogP contribution is -2.49. The minimum Gasteiger partial charge on any atom is -0.474 e. The molecule has 0 radical (unpaired) electrons. The Hall–Kier alpha value is -0.870. The lowest BCUT2D eigenvalue weighted by atomic mass is 9.90. The molecular weight excluding hydrogens is 403 g/mol. The minimum atomic E-state index is -3.28. The van der Waals surface area contributed by atoms with Crippen molar-refractivity contribution in [3.8, 4) is 5.88 Å². The van der Waals surface area contributed by atoms with Crippen LogP contribution in [-0.4, -0.2) is 68.5 Å². The summed E-state index contributed by atoms with van der Waals surface area (Å²) in [6.07, 6.45) is 1.52. The number of morpholine rings is 1. The van der Waals surface area contributed by atoms with Crippen molar-refractivity contribution in [1.82, 2.24) is 14.7 Å². The lowest BCUT2D eigenvalue weighted by molar-refractivity contribution is 0.0893. The number of hydrogen-bond donors (Lipinski definition) is 1. The van der Waals surface area contributed by atoms with Crippen LogP contribution in [0, 0.1) is 0 Å². The first kappa shape index (κ1) is 19.9. The van der Waals surface area contributed by atoms with Crippen LogP contribution in [0.5, 0.6) is 5.88 Å². The Balaban J connectivity index is 1.52. The van der Waals surface area contributed by atoms with Crippen molar-refractivity contribution >= 4 is 39.2 Å². The first-order valence-corrected chi connectivity index (χ1v) is 11.1. The van der Waals surface area contributed by atoms with Crippen molar-refractivity contribution in [3.63, 3.8) is 0 Å². The summed E-state index contributed by atoms with van der Waals surface area (Å²) in [5, 5.41) is 0.314. The molecule has 0 amide bonds. The van der Waals surface area contributed by atoms with Crippen molar-refractivity contribution < 1.29 is 17.9 Å². The number of ether oxygens (including phenoxy) is 2. The summed E-state index contributed by atoms with van der Waals surface area (Å²) in [7, 11) is -3.28.